The summed E-state index contributed by atoms with van der Waals surface area (Å²) < 4.78 is 0. The summed E-state index contributed by atoms with van der Waals surface area (Å²) in [4.78, 5) is 5.07. The second kappa shape index (κ2) is 4.63. The Morgan fingerprint density at radius 3 is 2.00 bits per heavy atom. The van der Waals surface area contributed by atoms with Crippen molar-refractivity contribution in [2.45, 2.75) is 59.0 Å². The van der Waals surface area contributed by atoms with E-state index in [9.17, 15) is 0 Å². The molecule has 1 aliphatic rings. The summed E-state index contributed by atoms with van der Waals surface area (Å²) in [5.74, 6) is 7.72. The van der Waals surface area contributed by atoms with Crippen LogP contribution in [0.2, 0.25) is 0 Å². The average molecular weight is 199 g/mol. The fourth-order valence-corrected chi connectivity index (χ4v) is 2.58. The van der Waals surface area contributed by atoms with Crippen molar-refractivity contribution in [3.8, 4) is 0 Å². The van der Waals surface area contributed by atoms with Crippen LogP contribution in [0.25, 0.3) is 0 Å². The molecule has 0 heterocycles. The van der Waals surface area contributed by atoms with E-state index in [1.165, 1.54) is 25.7 Å². The van der Waals surface area contributed by atoms with Crippen molar-refractivity contribution >= 4 is 0 Å². The van der Waals surface area contributed by atoms with E-state index in [1.807, 2.05) is 0 Å². The predicted molar refractivity (Wildman–Crippen MR) is 59.6 cm³/mol. The largest absolute Gasteiger partial charge is 0.298 e. The van der Waals surface area contributed by atoms with Gasteiger partial charge in [0.05, 0.1) is 5.60 Å². The van der Waals surface area contributed by atoms with Crippen LogP contribution in [0.4, 0.5) is 0 Å². The minimum Gasteiger partial charge on any atom is -0.298 e. The van der Waals surface area contributed by atoms with E-state index in [2.05, 4.69) is 27.7 Å². The normalized spacial score (nSPS) is 29.6. The highest BCUT2D eigenvalue weighted by molar-refractivity contribution is 4.84. The molecule has 0 aliphatic heterocycles. The van der Waals surface area contributed by atoms with Gasteiger partial charge in [0.15, 0.2) is 0 Å². The van der Waals surface area contributed by atoms with E-state index in [1.54, 1.807) is 0 Å². The molecular formula is C12H25NO. The number of hydrogen-bond donors (Lipinski definition) is 1. The van der Waals surface area contributed by atoms with Crippen molar-refractivity contribution in [3.05, 3.63) is 0 Å². The maximum atomic E-state index is 5.33. The Labute approximate surface area is 88.2 Å². The summed E-state index contributed by atoms with van der Waals surface area (Å²) in [5, 5.41) is 0. The van der Waals surface area contributed by atoms with E-state index < -0.39 is 0 Å². The molecule has 1 rings (SSSR count). The molecule has 84 valence electrons. The lowest BCUT2D eigenvalue weighted by Crippen LogP contribution is -2.39. The van der Waals surface area contributed by atoms with Crippen LogP contribution in [0.5, 0.6) is 0 Å². The third-order valence-corrected chi connectivity index (χ3v) is 4.00. The van der Waals surface area contributed by atoms with Crippen molar-refractivity contribution in [2.75, 3.05) is 0 Å². The summed E-state index contributed by atoms with van der Waals surface area (Å²) in [5.41, 5.74) is -0.137. The lowest BCUT2D eigenvalue weighted by atomic mass is 9.72. The predicted octanol–water partition coefficient (Wildman–Crippen LogP) is 3.12. The molecule has 1 aliphatic carbocycles. The van der Waals surface area contributed by atoms with Gasteiger partial charge in [-0.1, -0.05) is 13.8 Å². The first-order chi connectivity index (χ1) is 6.47. The Morgan fingerprint density at radius 2 is 1.64 bits per heavy atom. The summed E-state index contributed by atoms with van der Waals surface area (Å²) in [6.45, 7) is 8.87. The van der Waals surface area contributed by atoms with Gasteiger partial charge in [-0.05, 0) is 57.3 Å². The van der Waals surface area contributed by atoms with Gasteiger partial charge in [-0.2, -0.15) is 0 Å². The van der Waals surface area contributed by atoms with Crippen molar-refractivity contribution in [3.63, 3.8) is 0 Å². The van der Waals surface area contributed by atoms with E-state index in [0.717, 1.165) is 11.8 Å². The highest BCUT2D eigenvalue weighted by atomic mass is 16.6. The Morgan fingerprint density at radius 1 is 1.14 bits per heavy atom. The fourth-order valence-electron chi connectivity index (χ4n) is 2.58. The molecule has 2 nitrogen and oxygen atoms in total. The number of nitrogens with two attached hydrogens (primary N) is 1. The molecular weight excluding hydrogens is 174 g/mol. The molecule has 0 spiro atoms. The van der Waals surface area contributed by atoms with Crippen LogP contribution in [-0.2, 0) is 4.84 Å². The van der Waals surface area contributed by atoms with Crippen LogP contribution >= 0.6 is 0 Å². The maximum absolute atomic E-state index is 5.33. The lowest BCUT2D eigenvalue weighted by Gasteiger charge is -2.38. The molecule has 0 bridgehead atoms. The molecule has 2 heteroatoms. The minimum atomic E-state index is -0.137. The number of hydrogen-bond acceptors (Lipinski definition) is 2. The van der Waals surface area contributed by atoms with Gasteiger partial charge < -0.3 is 0 Å². The van der Waals surface area contributed by atoms with Gasteiger partial charge in [0.25, 0.3) is 0 Å². The van der Waals surface area contributed by atoms with Crippen LogP contribution in [0, 0.1) is 17.8 Å². The van der Waals surface area contributed by atoms with Crippen molar-refractivity contribution < 1.29 is 4.84 Å². The molecule has 2 N–H and O–H groups in total. The molecule has 0 aromatic carbocycles. The highest BCUT2D eigenvalue weighted by Crippen LogP contribution is 2.38. The molecule has 14 heavy (non-hydrogen) atoms. The molecule has 1 fully saturated rings. The third kappa shape index (κ3) is 2.71. The zero-order valence-corrected chi connectivity index (χ0v) is 10.0. The molecule has 0 aromatic rings. The molecule has 0 amide bonds. The fraction of sp³-hybridized carbons (Fsp3) is 1.00. The monoisotopic (exact) mass is 199 g/mol. The molecule has 0 aromatic heterocycles. The van der Waals surface area contributed by atoms with Crippen molar-refractivity contribution in [2.24, 2.45) is 23.7 Å². The Bertz CT molecular complexity index is 169. The first-order valence-corrected chi connectivity index (χ1v) is 5.85. The van der Waals surface area contributed by atoms with E-state index in [-0.39, 0.29) is 5.60 Å². The number of rotatable bonds is 3. The molecule has 0 atom stereocenters. The zero-order valence-electron chi connectivity index (χ0n) is 10.0. The van der Waals surface area contributed by atoms with Crippen LogP contribution in [0.1, 0.15) is 53.4 Å². The first-order valence-electron chi connectivity index (χ1n) is 5.85. The van der Waals surface area contributed by atoms with Crippen molar-refractivity contribution in [1.82, 2.24) is 0 Å². The first kappa shape index (κ1) is 12.0. The van der Waals surface area contributed by atoms with Gasteiger partial charge in [-0.25, -0.2) is 5.90 Å². The highest BCUT2D eigenvalue weighted by Gasteiger charge is 2.34. The second-order valence-corrected chi connectivity index (χ2v) is 5.58. The Balaban J connectivity index is 2.43. The zero-order chi connectivity index (χ0) is 10.8. The van der Waals surface area contributed by atoms with Gasteiger partial charge in [-0.3, -0.25) is 4.84 Å². The summed E-state index contributed by atoms with van der Waals surface area (Å²) in [6, 6.07) is 0. The Hall–Kier alpha value is -0.0800. The minimum absolute atomic E-state index is 0.137. The van der Waals surface area contributed by atoms with Crippen molar-refractivity contribution in [1.29, 1.82) is 0 Å². The van der Waals surface area contributed by atoms with E-state index >= 15 is 0 Å². The summed E-state index contributed by atoms with van der Waals surface area (Å²) in [6.07, 6.45) is 5.23. The smallest absolute Gasteiger partial charge is 0.0865 e. The quantitative estimate of drug-likeness (QED) is 0.709. The molecule has 1 saturated carbocycles. The van der Waals surface area contributed by atoms with Gasteiger partial charge in [0.1, 0.15) is 0 Å². The SMILES string of the molecule is CC(C)C1CCC(C(C)(C)ON)CC1. The molecule has 0 radical (unpaired) electrons. The van der Waals surface area contributed by atoms with Gasteiger partial charge in [-0.15, -0.1) is 0 Å². The van der Waals surface area contributed by atoms with Crippen LogP contribution < -0.4 is 5.90 Å². The summed E-state index contributed by atoms with van der Waals surface area (Å²) >= 11 is 0. The van der Waals surface area contributed by atoms with Crippen LogP contribution in [0.3, 0.4) is 0 Å². The van der Waals surface area contributed by atoms with E-state index in [0.29, 0.717) is 5.92 Å². The summed E-state index contributed by atoms with van der Waals surface area (Å²) in [7, 11) is 0. The van der Waals surface area contributed by atoms with Gasteiger partial charge in [0, 0.05) is 0 Å². The average Bonchev–Trinajstić information content (AvgIpc) is 2.18. The second-order valence-electron chi connectivity index (χ2n) is 5.58. The maximum Gasteiger partial charge on any atom is 0.0865 e. The lowest BCUT2D eigenvalue weighted by molar-refractivity contribution is -0.0773. The topological polar surface area (TPSA) is 35.2 Å². The van der Waals surface area contributed by atoms with Crippen LogP contribution in [-0.4, -0.2) is 5.60 Å². The standard InChI is InChI=1S/C12H25NO/c1-9(2)10-5-7-11(8-6-10)12(3,4)14-13/h9-11H,5-8,13H2,1-4H3. The van der Waals surface area contributed by atoms with Crippen LogP contribution in [0.15, 0.2) is 0 Å². The third-order valence-electron chi connectivity index (χ3n) is 4.00. The molecule has 0 saturated heterocycles. The van der Waals surface area contributed by atoms with E-state index in [4.69, 9.17) is 10.7 Å². The molecule has 0 unspecified atom stereocenters. The van der Waals surface area contributed by atoms with Gasteiger partial charge in [0.2, 0.25) is 0 Å². The van der Waals surface area contributed by atoms with Gasteiger partial charge >= 0.3 is 0 Å². The Kier molecular flexibility index (Phi) is 3.96.